The van der Waals surface area contributed by atoms with E-state index in [1.54, 1.807) is 41.9 Å². The highest BCUT2D eigenvalue weighted by molar-refractivity contribution is 7.19. The van der Waals surface area contributed by atoms with Crippen LogP contribution in [0.15, 0.2) is 48.8 Å². The minimum absolute atomic E-state index is 0.241. The normalized spacial score (nSPS) is 12.9. The van der Waals surface area contributed by atoms with Crippen molar-refractivity contribution in [2.24, 2.45) is 0 Å². The molecule has 8 heteroatoms. The quantitative estimate of drug-likeness (QED) is 0.447. The van der Waals surface area contributed by atoms with E-state index in [0.717, 1.165) is 40.4 Å². The molecule has 0 spiro atoms. The number of thiophene rings is 1. The van der Waals surface area contributed by atoms with E-state index >= 15 is 0 Å². The summed E-state index contributed by atoms with van der Waals surface area (Å²) in [6.07, 6.45) is 1.57. The van der Waals surface area contributed by atoms with E-state index in [2.05, 4.69) is 20.6 Å². The Morgan fingerprint density at radius 3 is 2.97 bits per heavy atom. The fourth-order valence-corrected chi connectivity index (χ4v) is 4.74. The Hall–Kier alpha value is -2.74. The average molecular weight is 427 g/mol. The van der Waals surface area contributed by atoms with Crippen molar-refractivity contribution in [2.45, 2.75) is 19.7 Å². The van der Waals surface area contributed by atoms with Crippen LogP contribution >= 0.6 is 22.9 Å². The molecule has 1 aliphatic rings. The van der Waals surface area contributed by atoms with Crippen LogP contribution in [0.25, 0.3) is 10.2 Å². The maximum atomic E-state index is 13.3. The van der Waals surface area contributed by atoms with Crippen LogP contribution in [-0.2, 0) is 19.7 Å². The highest BCUT2D eigenvalue weighted by Crippen LogP contribution is 2.38. The SMILES string of the molecule is Fc1cccc(COc2ccc(Nc3ncnc4sc5c(c34)CNC5)cc2Cl)c1. The number of fused-ring (bicyclic) bond motifs is 3. The molecule has 0 bridgehead atoms. The molecule has 0 saturated heterocycles. The first-order valence-electron chi connectivity index (χ1n) is 9.07. The van der Waals surface area contributed by atoms with Gasteiger partial charge in [0.05, 0.1) is 10.4 Å². The number of nitrogens with one attached hydrogen (secondary N) is 2. The summed E-state index contributed by atoms with van der Waals surface area (Å²) in [7, 11) is 0. The van der Waals surface area contributed by atoms with Gasteiger partial charge < -0.3 is 15.4 Å². The van der Waals surface area contributed by atoms with Gasteiger partial charge >= 0.3 is 0 Å². The van der Waals surface area contributed by atoms with Gasteiger partial charge in [0, 0.05) is 23.7 Å². The molecule has 0 unspecified atom stereocenters. The second-order valence-electron chi connectivity index (χ2n) is 6.70. The van der Waals surface area contributed by atoms with Gasteiger partial charge in [0.25, 0.3) is 0 Å². The van der Waals surface area contributed by atoms with Gasteiger partial charge in [-0.3, -0.25) is 0 Å². The first-order valence-corrected chi connectivity index (χ1v) is 10.3. The molecule has 5 rings (SSSR count). The Bertz CT molecular complexity index is 1210. The Morgan fingerprint density at radius 2 is 2.10 bits per heavy atom. The molecule has 0 atom stereocenters. The van der Waals surface area contributed by atoms with E-state index in [4.69, 9.17) is 16.3 Å². The van der Waals surface area contributed by atoms with Crippen LogP contribution in [0.1, 0.15) is 16.0 Å². The third kappa shape index (κ3) is 3.64. The van der Waals surface area contributed by atoms with Crippen molar-refractivity contribution in [1.82, 2.24) is 15.3 Å². The zero-order valence-corrected chi connectivity index (χ0v) is 16.8. The molecular formula is C21H16ClFN4OS. The van der Waals surface area contributed by atoms with E-state index in [1.165, 1.54) is 22.6 Å². The number of hydrogen-bond donors (Lipinski definition) is 2. The zero-order valence-electron chi connectivity index (χ0n) is 15.2. The lowest BCUT2D eigenvalue weighted by molar-refractivity contribution is 0.306. The molecule has 3 heterocycles. The number of ether oxygens (including phenoxy) is 1. The molecule has 2 aromatic heterocycles. The fraction of sp³-hybridized carbons (Fsp3) is 0.143. The predicted molar refractivity (Wildman–Crippen MR) is 113 cm³/mol. The van der Waals surface area contributed by atoms with Gasteiger partial charge in [-0.05, 0) is 41.5 Å². The number of halogens is 2. The standard InChI is InChI=1S/C21H16ClFN4OS/c22-16-7-14(4-5-17(16)28-10-12-2-1-3-13(23)6-12)27-20-19-15-8-24-9-18(15)29-21(19)26-11-25-20/h1-7,11,24H,8-10H2,(H,25,26,27). The molecule has 1 aliphatic heterocycles. The summed E-state index contributed by atoms with van der Waals surface area (Å²) in [6.45, 7) is 1.94. The molecular weight excluding hydrogens is 411 g/mol. The van der Waals surface area contributed by atoms with Crippen LogP contribution in [0, 0.1) is 5.82 Å². The van der Waals surface area contributed by atoms with Gasteiger partial charge in [-0.15, -0.1) is 11.3 Å². The predicted octanol–water partition coefficient (Wildman–Crippen LogP) is 5.41. The molecule has 146 valence electrons. The zero-order chi connectivity index (χ0) is 19.8. The Kier molecular flexibility index (Phi) is 4.79. The minimum Gasteiger partial charge on any atom is -0.487 e. The number of rotatable bonds is 5. The van der Waals surface area contributed by atoms with Crippen molar-refractivity contribution in [1.29, 1.82) is 0 Å². The van der Waals surface area contributed by atoms with Gasteiger partial charge in [-0.25, -0.2) is 14.4 Å². The molecule has 2 aromatic carbocycles. The molecule has 5 nitrogen and oxygen atoms in total. The molecule has 29 heavy (non-hydrogen) atoms. The molecule has 0 aliphatic carbocycles. The summed E-state index contributed by atoms with van der Waals surface area (Å²) < 4.78 is 19.0. The van der Waals surface area contributed by atoms with Crippen LogP contribution in [0.4, 0.5) is 15.9 Å². The smallest absolute Gasteiger partial charge is 0.142 e. The lowest BCUT2D eigenvalue weighted by Crippen LogP contribution is -2.02. The summed E-state index contributed by atoms with van der Waals surface area (Å²) in [5.41, 5.74) is 2.81. The third-order valence-electron chi connectivity index (χ3n) is 4.74. The molecule has 0 amide bonds. The van der Waals surface area contributed by atoms with Gasteiger partial charge in [-0.1, -0.05) is 23.7 Å². The summed E-state index contributed by atoms with van der Waals surface area (Å²) in [5, 5.41) is 8.24. The van der Waals surface area contributed by atoms with Gasteiger partial charge in [0.15, 0.2) is 0 Å². The van der Waals surface area contributed by atoms with Gasteiger partial charge in [0.1, 0.15) is 35.1 Å². The summed E-state index contributed by atoms with van der Waals surface area (Å²) >= 11 is 8.10. The number of aromatic nitrogens is 2. The molecule has 2 N–H and O–H groups in total. The van der Waals surface area contributed by atoms with Crippen LogP contribution < -0.4 is 15.4 Å². The Morgan fingerprint density at radius 1 is 1.17 bits per heavy atom. The summed E-state index contributed by atoms with van der Waals surface area (Å²) in [6, 6.07) is 11.8. The van der Waals surface area contributed by atoms with Crippen molar-refractivity contribution in [3.63, 3.8) is 0 Å². The topological polar surface area (TPSA) is 59.1 Å². The number of anilines is 2. The first-order chi connectivity index (χ1) is 14.2. The number of nitrogens with zero attached hydrogens (tertiary/aromatic N) is 2. The number of benzene rings is 2. The van der Waals surface area contributed by atoms with Crippen molar-refractivity contribution in [2.75, 3.05) is 5.32 Å². The minimum atomic E-state index is -0.289. The maximum absolute atomic E-state index is 13.3. The Labute approximate surface area is 175 Å². The van der Waals surface area contributed by atoms with E-state index in [-0.39, 0.29) is 12.4 Å². The fourth-order valence-electron chi connectivity index (χ4n) is 3.38. The van der Waals surface area contributed by atoms with Crippen LogP contribution in [0.2, 0.25) is 5.02 Å². The molecule has 0 fully saturated rings. The van der Waals surface area contributed by atoms with E-state index in [0.29, 0.717) is 10.8 Å². The van der Waals surface area contributed by atoms with Crippen LogP contribution in [0.3, 0.4) is 0 Å². The van der Waals surface area contributed by atoms with E-state index < -0.39 is 0 Å². The highest BCUT2D eigenvalue weighted by atomic mass is 35.5. The first kappa shape index (κ1) is 18.3. The van der Waals surface area contributed by atoms with Gasteiger partial charge in [-0.2, -0.15) is 0 Å². The van der Waals surface area contributed by atoms with Crippen molar-refractivity contribution >= 4 is 44.7 Å². The monoisotopic (exact) mass is 426 g/mol. The average Bonchev–Trinajstić information content (AvgIpc) is 3.29. The van der Waals surface area contributed by atoms with Crippen molar-refractivity contribution in [3.05, 3.63) is 75.6 Å². The molecule has 0 radical (unpaired) electrons. The summed E-state index contributed by atoms with van der Waals surface area (Å²) in [5.74, 6) is 1.01. The largest absolute Gasteiger partial charge is 0.487 e. The van der Waals surface area contributed by atoms with Crippen molar-refractivity contribution in [3.8, 4) is 5.75 Å². The van der Waals surface area contributed by atoms with Gasteiger partial charge in [0.2, 0.25) is 0 Å². The maximum Gasteiger partial charge on any atom is 0.142 e. The van der Waals surface area contributed by atoms with Crippen LogP contribution in [0.5, 0.6) is 5.75 Å². The third-order valence-corrected chi connectivity index (χ3v) is 6.17. The molecule has 4 aromatic rings. The van der Waals surface area contributed by atoms with E-state index in [1.807, 2.05) is 6.07 Å². The van der Waals surface area contributed by atoms with Crippen molar-refractivity contribution < 1.29 is 9.13 Å². The number of hydrogen-bond acceptors (Lipinski definition) is 6. The van der Waals surface area contributed by atoms with Crippen LogP contribution in [-0.4, -0.2) is 9.97 Å². The van der Waals surface area contributed by atoms with E-state index in [9.17, 15) is 4.39 Å². The lowest BCUT2D eigenvalue weighted by atomic mass is 10.2. The second kappa shape index (κ2) is 7.59. The highest BCUT2D eigenvalue weighted by Gasteiger charge is 2.21. The lowest BCUT2D eigenvalue weighted by Gasteiger charge is -2.12. The second-order valence-corrected chi connectivity index (χ2v) is 8.19. The Balaban J connectivity index is 1.36. The summed E-state index contributed by atoms with van der Waals surface area (Å²) in [4.78, 5) is 11.1. The molecule has 0 saturated carbocycles.